The first-order valence-electron chi connectivity index (χ1n) is 4.82. The van der Waals surface area contributed by atoms with Crippen molar-refractivity contribution in [2.24, 2.45) is 0 Å². The van der Waals surface area contributed by atoms with Gasteiger partial charge in [-0.2, -0.15) is 0 Å². The number of unbranched alkanes of at least 4 members (excludes halogenated alkanes) is 1. The van der Waals surface area contributed by atoms with Gasteiger partial charge in [0, 0.05) is 11.4 Å². The first-order valence-corrected chi connectivity index (χ1v) is 4.82. The van der Waals surface area contributed by atoms with Gasteiger partial charge >= 0.3 is 0 Å². The highest BCUT2D eigenvalue weighted by molar-refractivity contribution is 5.56. The number of anilines is 2. The Morgan fingerprint density at radius 2 is 2.07 bits per heavy atom. The van der Waals surface area contributed by atoms with Crippen LogP contribution >= 0.6 is 0 Å². The fourth-order valence-electron chi connectivity index (χ4n) is 1.37. The van der Waals surface area contributed by atoms with E-state index >= 15 is 0 Å². The molecule has 0 saturated carbocycles. The van der Waals surface area contributed by atoms with Gasteiger partial charge in [-0.25, -0.2) is 0 Å². The van der Waals surface area contributed by atoms with Gasteiger partial charge in [0.05, 0.1) is 0 Å². The maximum absolute atomic E-state index is 5.83. The molecule has 4 N–H and O–H groups in total. The van der Waals surface area contributed by atoms with E-state index < -0.39 is 0 Å². The smallest absolute Gasteiger partial charge is 0.0367 e. The molecule has 0 aliphatic rings. The van der Waals surface area contributed by atoms with E-state index in [-0.39, 0.29) is 0 Å². The van der Waals surface area contributed by atoms with E-state index in [2.05, 4.69) is 13.0 Å². The third-order valence-corrected chi connectivity index (χ3v) is 2.15. The van der Waals surface area contributed by atoms with E-state index in [0.717, 1.165) is 30.6 Å². The average molecular weight is 189 g/mol. The predicted octanol–water partition coefficient (Wildman–Crippen LogP) is 2.56. The fraction of sp³-hybridized carbons (Fsp3) is 0.250. The van der Waals surface area contributed by atoms with Crippen molar-refractivity contribution in [3.05, 3.63) is 42.8 Å². The van der Waals surface area contributed by atoms with Gasteiger partial charge in [0.15, 0.2) is 0 Å². The number of hydrogen-bond acceptors (Lipinski definition) is 2. The zero-order chi connectivity index (χ0) is 10.4. The lowest BCUT2D eigenvalue weighted by molar-refractivity contribution is 0.845. The van der Waals surface area contributed by atoms with Crippen molar-refractivity contribution in [2.45, 2.75) is 19.3 Å². The molecule has 1 radical (unpaired) electrons. The lowest BCUT2D eigenvalue weighted by Gasteiger charge is -2.05. The van der Waals surface area contributed by atoms with Gasteiger partial charge in [0.25, 0.3) is 0 Å². The van der Waals surface area contributed by atoms with Crippen LogP contribution in [0.5, 0.6) is 0 Å². The molecule has 2 heteroatoms. The van der Waals surface area contributed by atoms with Crippen molar-refractivity contribution >= 4 is 11.4 Å². The molecule has 0 saturated heterocycles. The van der Waals surface area contributed by atoms with Crippen LogP contribution in [0.4, 0.5) is 11.4 Å². The van der Waals surface area contributed by atoms with E-state index in [9.17, 15) is 0 Å². The zero-order valence-electron chi connectivity index (χ0n) is 8.37. The topological polar surface area (TPSA) is 52.0 Å². The number of nitrogen functional groups attached to an aromatic ring is 2. The van der Waals surface area contributed by atoms with Crippen molar-refractivity contribution in [2.75, 3.05) is 11.5 Å². The standard InChI is InChI=1S/C12H17N2/c1-2-3-4-5-6-10-7-8-11(13)9-12(10)14/h2-3,7-9H,1,4-6,13-14H2. The highest BCUT2D eigenvalue weighted by Crippen LogP contribution is 2.17. The molecule has 0 bridgehead atoms. The second kappa shape index (κ2) is 5.32. The first kappa shape index (κ1) is 10.6. The van der Waals surface area contributed by atoms with Gasteiger partial charge in [0.2, 0.25) is 0 Å². The molecule has 1 rings (SSSR count). The number of nitrogens with two attached hydrogens (primary N) is 2. The van der Waals surface area contributed by atoms with Gasteiger partial charge in [-0.3, -0.25) is 0 Å². The monoisotopic (exact) mass is 189 g/mol. The van der Waals surface area contributed by atoms with Crippen LogP contribution < -0.4 is 11.5 Å². The Morgan fingerprint density at radius 3 is 2.71 bits per heavy atom. The molecule has 14 heavy (non-hydrogen) atoms. The van der Waals surface area contributed by atoms with Gasteiger partial charge < -0.3 is 11.5 Å². The van der Waals surface area contributed by atoms with E-state index in [4.69, 9.17) is 11.5 Å². The summed E-state index contributed by atoms with van der Waals surface area (Å²) >= 11 is 0. The molecular formula is C12H17N2. The van der Waals surface area contributed by atoms with Crippen molar-refractivity contribution in [3.8, 4) is 0 Å². The lowest BCUT2D eigenvalue weighted by atomic mass is 10.1. The molecule has 0 aliphatic heterocycles. The Hall–Kier alpha value is -1.44. The van der Waals surface area contributed by atoms with Crippen molar-refractivity contribution in [1.82, 2.24) is 0 Å². The van der Waals surface area contributed by atoms with E-state index in [0.29, 0.717) is 0 Å². The molecule has 0 heterocycles. The summed E-state index contributed by atoms with van der Waals surface area (Å²) in [6, 6.07) is 5.70. The average Bonchev–Trinajstić information content (AvgIpc) is 2.15. The Morgan fingerprint density at radius 1 is 1.29 bits per heavy atom. The van der Waals surface area contributed by atoms with Crippen molar-refractivity contribution in [1.29, 1.82) is 0 Å². The second-order valence-electron chi connectivity index (χ2n) is 3.32. The summed E-state index contributed by atoms with van der Waals surface area (Å²) in [7, 11) is 0. The molecule has 75 valence electrons. The van der Waals surface area contributed by atoms with Crippen LogP contribution in [0.25, 0.3) is 0 Å². The quantitative estimate of drug-likeness (QED) is 0.565. The van der Waals surface area contributed by atoms with Crippen LogP contribution in [0.2, 0.25) is 0 Å². The number of rotatable bonds is 4. The number of aryl methyl sites for hydroxylation is 1. The minimum Gasteiger partial charge on any atom is -0.399 e. The van der Waals surface area contributed by atoms with Gasteiger partial charge in [-0.15, -0.1) is 0 Å². The molecule has 0 aromatic heterocycles. The lowest BCUT2D eigenvalue weighted by Crippen LogP contribution is -1.96. The molecule has 2 nitrogen and oxygen atoms in total. The van der Waals surface area contributed by atoms with Crippen molar-refractivity contribution in [3.63, 3.8) is 0 Å². The largest absolute Gasteiger partial charge is 0.399 e. The Bertz CT molecular complexity index is 316. The Kier molecular flexibility index (Phi) is 4.05. The molecule has 0 fully saturated rings. The summed E-state index contributed by atoms with van der Waals surface area (Å²) in [6.45, 7) is 3.64. The maximum Gasteiger partial charge on any atom is 0.0367 e. The third-order valence-electron chi connectivity index (χ3n) is 2.15. The Labute approximate surface area is 85.6 Å². The molecule has 0 amide bonds. The summed E-state index contributed by atoms with van der Waals surface area (Å²) in [6.07, 6.45) is 7.03. The minimum atomic E-state index is 0.726. The highest BCUT2D eigenvalue weighted by Gasteiger charge is 1.98. The SMILES string of the molecule is [CH2]C=CCCCc1ccc(N)cc1N. The number of allylic oxidation sites excluding steroid dienone is 2. The van der Waals surface area contributed by atoms with Crippen LogP contribution in [0.1, 0.15) is 18.4 Å². The molecule has 0 unspecified atom stereocenters. The minimum absolute atomic E-state index is 0.726. The first-order chi connectivity index (χ1) is 6.74. The Balaban J connectivity index is 2.50. The highest BCUT2D eigenvalue weighted by atomic mass is 14.6. The van der Waals surface area contributed by atoms with Gasteiger partial charge in [-0.05, 0) is 43.9 Å². The van der Waals surface area contributed by atoms with Crippen LogP contribution in [0.3, 0.4) is 0 Å². The molecular weight excluding hydrogens is 172 g/mol. The van der Waals surface area contributed by atoms with Crippen LogP contribution in [-0.4, -0.2) is 0 Å². The van der Waals surface area contributed by atoms with Crippen LogP contribution in [0.15, 0.2) is 30.4 Å². The van der Waals surface area contributed by atoms with Crippen LogP contribution in [0, 0.1) is 6.92 Å². The third kappa shape index (κ3) is 3.13. The van der Waals surface area contributed by atoms with Gasteiger partial charge in [-0.1, -0.05) is 18.2 Å². The number of benzene rings is 1. The van der Waals surface area contributed by atoms with Gasteiger partial charge in [0.1, 0.15) is 0 Å². The fourth-order valence-corrected chi connectivity index (χ4v) is 1.37. The predicted molar refractivity (Wildman–Crippen MR) is 62.7 cm³/mol. The molecule has 1 aromatic rings. The molecule has 0 aliphatic carbocycles. The van der Waals surface area contributed by atoms with Crippen LogP contribution in [-0.2, 0) is 6.42 Å². The second-order valence-corrected chi connectivity index (χ2v) is 3.32. The summed E-state index contributed by atoms with van der Waals surface area (Å²) in [5, 5.41) is 0. The zero-order valence-corrected chi connectivity index (χ0v) is 8.37. The van der Waals surface area contributed by atoms with E-state index in [1.54, 1.807) is 0 Å². The molecule has 0 spiro atoms. The summed E-state index contributed by atoms with van der Waals surface area (Å²) in [5.74, 6) is 0. The molecule has 1 aromatic carbocycles. The van der Waals surface area contributed by atoms with Crippen molar-refractivity contribution < 1.29 is 0 Å². The van der Waals surface area contributed by atoms with E-state index in [1.165, 1.54) is 5.56 Å². The number of hydrogen-bond donors (Lipinski definition) is 2. The maximum atomic E-state index is 5.83. The summed E-state index contributed by atoms with van der Waals surface area (Å²) in [4.78, 5) is 0. The van der Waals surface area contributed by atoms with E-state index in [1.807, 2.05) is 24.3 Å². The normalized spacial score (nSPS) is 10.9. The summed E-state index contributed by atoms with van der Waals surface area (Å²) < 4.78 is 0. The summed E-state index contributed by atoms with van der Waals surface area (Å²) in [5.41, 5.74) is 14.1. The molecule has 0 atom stereocenters.